The van der Waals surface area contributed by atoms with Crippen molar-refractivity contribution in [3.63, 3.8) is 0 Å². The Morgan fingerprint density at radius 3 is 2.50 bits per heavy atom. The zero-order chi connectivity index (χ0) is 13.5. The lowest BCUT2D eigenvalue weighted by Gasteiger charge is -2.08. The van der Waals surface area contributed by atoms with Crippen LogP contribution in [0.5, 0.6) is 0 Å². The number of hydrogen-bond donors (Lipinski definition) is 2. The van der Waals surface area contributed by atoms with E-state index in [4.69, 9.17) is 0 Å². The standard InChI is InChI=1S/C11H9NO5S/c1-2-3-6-4-5-7-8(9(6)18(15,16)17)11(14)12-10(7)13/h2,4-5H,1,3H2,(H,12,13,14)(H,15,16,17). The molecule has 1 aromatic rings. The van der Waals surface area contributed by atoms with Gasteiger partial charge in [0.05, 0.1) is 11.1 Å². The van der Waals surface area contributed by atoms with E-state index in [0.29, 0.717) is 0 Å². The van der Waals surface area contributed by atoms with Gasteiger partial charge < -0.3 is 0 Å². The lowest BCUT2D eigenvalue weighted by Crippen LogP contribution is -2.20. The molecule has 0 atom stereocenters. The van der Waals surface area contributed by atoms with Gasteiger partial charge in [-0.25, -0.2) is 0 Å². The molecule has 7 heteroatoms. The number of benzene rings is 1. The van der Waals surface area contributed by atoms with Crippen LogP contribution in [0, 0.1) is 0 Å². The second kappa shape index (κ2) is 4.04. The predicted octanol–water partition coefficient (Wildman–Crippen LogP) is 0.545. The molecule has 0 aromatic heterocycles. The molecule has 1 aromatic carbocycles. The number of hydrogen-bond acceptors (Lipinski definition) is 4. The van der Waals surface area contributed by atoms with Gasteiger partial charge in [0.1, 0.15) is 4.90 Å². The van der Waals surface area contributed by atoms with E-state index in [-0.39, 0.29) is 23.1 Å². The second-order valence-electron chi connectivity index (χ2n) is 3.73. The third-order valence-electron chi connectivity index (χ3n) is 2.56. The van der Waals surface area contributed by atoms with Crippen molar-refractivity contribution in [2.75, 3.05) is 0 Å². The molecule has 1 aliphatic heterocycles. The number of amides is 2. The van der Waals surface area contributed by atoms with Gasteiger partial charge in [0.2, 0.25) is 0 Å². The van der Waals surface area contributed by atoms with E-state index in [1.54, 1.807) is 0 Å². The lowest BCUT2D eigenvalue weighted by molar-refractivity contribution is 0.0878. The van der Waals surface area contributed by atoms with Crippen molar-refractivity contribution < 1.29 is 22.6 Å². The third-order valence-corrected chi connectivity index (χ3v) is 3.54. The van der Waals surface area contributed by atoms with Crippen molar-refractivity contribution in [1.82, 2.24) is 5.32 Å². The summed E-state index contributed by atoms with van der Waals surface area (Å²) in [5, 5.41) is 1.98. The predicted molar refractivity (Wildman–Crippen MR) is 62.0 cm³/mol. The summed E-state index contributed by atoms with van der Waals surface area (Å²) >= 11 is 0. The maximum Gasteiger partial charge on any atom is 0.295 e. The molecule has 2 rings (SSSR count). The van der Waals surface area contributed by atoms with Gasteiger partial charge >= 0.3 is 0 Å². The Morgan fingerprint density at radius 1 is 1.28 bits per heavy atom. The van der Waals surface area contributed by atoms with Gasteiger partial charge in [-0.2, -0.15) is 8.42 Å². The molecule has 6 nitrogen and oxygen atoms in total. The van der Waals surface area contributed by atoms with E-state index in [1.165, 1.54) is 18.2 Å². The summed E-state index contributed by atoms with van der Waals surface area (Å²) in [7, 11) is -4.60. The summed E-state index contributed by atoms with van der Waals surface area (Å²) in [5.41, 5.74) is -0.140. The molecule has 0 saturated carbocycles. The fourth-order valence-corrected chi connectivity index (χ4v) is 2.83. The van der Waals surface area contributed by atoms with Gasteiger partial charge in [-0.3, -0.25) is 19.5 Å². The first-order chi connectivity index (χ1) is 8.36. The highest BCUT2D eigenvalue weighted by molar-refractivity contribution is 7.86. The highest BCUT2D eigenvalue weighted by atomic mass is 32.2. The van der Waals surface area contributed by atoms with Crippen LogP contribution < -0.4 is 5.32 Å². The van der Waals surface area contributed by atoms with Crippen molar-refractivity contribution in [2.24, 2.45) is 0 Å². The monoisotopic (exact) mass is 267 g/mol. The van der Waals surface area contributed by atoms with E-state index >= 15 is 0 Å². The smallest absolute Gasteiger partial charge is 0.288 e. The van der Waals surface area contributed by atoms with Gasteiger partial charge in [-0.15, -0.1) is 6.58 Å². The first-order valence-corrected chi connectivity index (χ1v) is 6.40. The summed E-state index contributed by atoms with van der Waals surface area (Å²) in [6, 6.07) is 2.73. The molecule has 0 fully saturated rings. The van der Waals surface area contributed by atoms with Crippen LogP contribution in [0.3, 0.4) is 0 Å². The molecule has 2 N–H and O–H groups in total. The summed E-state index contributed by atoms with van der Waals surface area (Å²) in [5.74, 6) is -1.50. The van der Waals surface area contributed by atoms with Crippen LogP contribution in [0.1, 0.15) is 26.3 Å². The Hall–Kier alpha value is -1.99. The molecule has 0 radical (unpaired) electrons. The maximum atomic E-state index is 11.6. The molecule has 18 heavy (non-hydrogen) atoms. The Labute approximate surface area is 103 Å². The normalized spacial score (nSPS) is 14.3. The first-order valence-electron chi connectivity index (χ1n) is 4.96. The number of imide groups is 1. The van der Waals surface area contributed by atoms with E-state index in [9.17, 15) is 22.6 Å². The summed E-state index contributed by atoms with van der Waals surface area (Å²) in [6.45, 7) is 3.46. The summed E-state index contributed by atoms with van der Waals surface area (Å²) < 4.78 is 32.0. The molecule has 94 valence electrons. The topological polar surface area (TPSA) is 101 Å². The fourth-order valence-electron chi connectivity index (χ4n) is 1.88. The lowest BCUT2D eigenvalue weighted by atomic mass is 10.0. The van der Waals surface area contributed by atoms with Crippen molar-refractivity contribution in [3.05, 3.63) is 41.5 Å². The van der Waals surface area contributed by atoms with Crippen LogP contribution in [0.4, 0.5) is 0 Å². The minimum absolute atomic E-state index is 0.0552. The molecule has 0 saturated heterocycles. The van der Waals surface area contributed by atoms with Crippen LogP contribution in [-0.4, -0.2) is 24.8 Å². The van der Waals surface area contributed by atoms with Crippen LogP contribution >= 0.6 is 0 Å². The Bertz CT molecular complexity index is 675. The summed E-state index contributed by atoms with van der Waals surface area (Å²) in [6.07, 6.45) is 1.59. The van der Waals surface area contributed by atoms with Gasteiger partial charge in [0, 0.05) is 0 Å². The fraction of sp³-hybridized carbons (Fsp3) is 0.0909. The van der Waals surface area contributed by atoms with Crippen molar-refractivity contribution in [1.29, 1.82) is 0 Å². The number of fused-ring (bicyclic) bond motifs is 1. The largest absolute Gasteiger partial charge is 0.295 e. The Morgan fingerprint density at radius 2 is 1.94 bits per heavy atom. The average Bonchev–Trinajstić information content (AvgIpc) is 2.53. The summed E-state index contributed by atoms with van der Waals surface area (Å²) in [4.78, 5) is 22.4. The van der Waals surface area contributed by atoms with Gasteiger partial charge in [-0.05, 0) is 18.1 Å². The molecule has 0 aliphatic carbocycles. The number of rotatable bonds is 3. The van der Waals surface area contributed by atoms with Crippen molar-refractivity contribution in [2.45, 2.75) is 11.3 Å². The molecular weight excluding hydrogens is 258 g/mol. The number of carbonyl (C=O) groups is 2. The van der Waals surface area contributed by atoms with Crippen LogP contribution in [0.2, 0.25) is 0 Å². The molecule has 0 unspecified atom stereocenters. The van der Waals surface area contributed by atoms with Crippen molar-refractivity contribution >= 4 is 21.9 Å². The van der Waals surface area contributed by atoms with Crippen LogP contribution in [0.25, 0.3) is 0 Å². The molecule has 1 aliphatic rings. The third kappa shape index (κ3) is 1.83. The van der Waals surface area contributed by atoms with Gasteiger partial charge in [0.15, 0.2) is 0 Å². The van der Waals surface area contributed by atoms with E-state index < -0.39 is 26.8 Å². The van der Waals surface area contributed by atoms with Crippen LogP contribution in [0.15, 0.2) is 29.7 Å². The quantitative estimate of drug-likeness (QED) is 0.473. The molecule has 0 bridgehead atoms. The minimum Gasteiger partial charge on any atom is -0.288 e. The van der Waals surface area contributed by atoms with Gasteiger partial charge in [0.25, 0.3) is 21.9 Å². The van der Waals surface area contributed by atoms with Crippen molar-refractivity contribution in [3.8, 4) is 0 Å². The second-order valence-corrected chi connectivity index (χ2v) is 5.09. The van der Waals surface area contributed by atoms with Gasteiger partial charge in [-0.1, -0.05) is 12.1 Å². The van der Waals surface area contributed by atoms with E-state index in [2.05, 4.69) is 6.58 Å². The number of nitrogens with one attached hydrogen (secondary N) is 1. The zero-order valence-corrected chi connectivity index (χ0v) is 9.95. The zero-order valence-electron chi connectivity index (χ0n) is 9.13. The van der Waals surface area contributed by atoms with E-state index in [1.807, 2.05) is 5.32 Å². The first kappa shape index (κ1) is 12.5. The average molecular weight is 267 g/mol. The molecule has 1 heterocycles. The van der Waals surface area contributed by atoms with E-state index in [0.717, 1.165) is 0 Å². The maximum absolute atomic E-state index is 11.6. The Balaban J connectivity index is 2.85. The SMILES string of the molecule is C=CCc1ccc2c(c1S(=O)(=O)O)C(=O)NC2=O. The highest BCUT2D eigenvalue weighted by Crippen LogP contribution is 2.28. The minimum atomic E-state index is -4.60. The highest BCUT2D eigenvalue weighted by Gasteiger charge is 2.34. The molecule has 2 amide bonds. The molecule has 0 spiro atoms. The van der Waals surface area contributed by atoms with Crippen LogP contribution in [-0.2, 0) is 16.5 Å². The molecular formula is C11H9NO5S. The number of allylic oxidation sites excluding steroid dienone is 1. The number of carbonyl (C=O) groups excluding carboxylic acids is 2. The Kier molecular flexibility index (Phi) is 2.80.